The number of nitrogens with zero attached hydrogens (tertiary/aromatic N) is 1. The van der Waals surface area contributed by atoms with Crippen molar-refractivity contribution in [3.05, 3.63) is 28.9 Å². The van der Waals surface area contributed by atoms with Crippen LogP contribution in [0.3, 0.4) is 0 Å². The van der Waals surface area contributed by atoms with E-state index in [0.29, 0.717) is 16.7 Å². The minimum absolute atomic E-state index is 0.389. The molecule has 1 aromatic carbocycles. The number of anilines is 2. The van der Waals surface area contributed by atoms with Gasteiger partial charge in [0.1, 0.15) is 0 Å². The van der Waals surface area contributed by atoms with Gasteiger partial charge in [-0.3, -0.25) is 4.98 Å². The summed E-state index contributed by atoms with van der Waals surface area (Å²) >= 11 is 3.45. The lowest BCUT2D eigenvalue weighted by atomic mass is 10.0. The van der Waals surface area contributed by atoms with E-state index < -0.39 is 0 Å². The Labute approximate surface area is 134 Å². The van der Waals surface area contributed by atoms with Crippen molar-refractivity contribution in [2.24, 2.45) is 16.7 Å². The number of hydrogen-bond acceptors (Lipinski definition) is 3. The summed E-state index contributed by atoms with van der Waals surface area (Å²) in [5.41, 5.74) is 9.60. The predicted molar refractivity (Wildman–Crippen MR) is 93.4 cm³/mol. The van der Waals surface area contributed by atoms with Crippen molar-refractivity contribution in [2.75, 3.05) is 17.6 Å². The Kier molecular flexibility index (Phi) is 3.21. The molecule has 1 fully saturated rings. The lowest BCUT2D eigenvalue weighted by Gasteiger charge is -2.12. The Balaban J connectivity index is 1.88. The molecule has 0 amide bonds. The van der Waals surface area contributed by atoms with Gasteiger partial charge in [0, 0.05) is 28.3 Å². The summed E-state index contributed by atoms with van der Waals surface area (Å²) in [6, 6.07) is 6.00. The van der Waals surface area contributed by atoms with Crippen LogP contribution in [-0.4, -0.2) is 11.5 Å². The van der Waals surface area contributed by atoms with Gasteiger partial charge in [-0.2, -0.15) is 0 Å². The van der Waals surface area contributed by atoms with Gasteiger partial charge in [0.05, 0.1) is 11.2 Å². The van der Waals surface area contributed by atoms with Gasteiger partial charge in [-0.05, 0) is 50.9 Å². The van der Waals surface area contributed by atoms with E-state index in [9.17, 15) is 0 Å². The summed E-state index contributed by atoms with van der Waals surface area (Å²) in [7, 11) is 0. The molecule has 1 saturated carbocycles. The number of pyridine rings is 1. The van der Waals surface area contributed by atoms with Crippen LogP contribution in [-0.2, 0) is 0 Å². The molecule has 112 valence electrons. The third kappa shape index (κ3) is 2.20. The summed E-state index contributed by atoms with van der Waals surface area (Å²) in [6.45, 7) is 10.3. The van der Waals surface area contributed by atoms with E-state index >= 15 is 0 Å². The molecule has 21 heavy (non-hydrogen) atoms. The Morgan fingerprint density at radius 3 is 2.52 bits per heavy atom. The molecule has 3 nitrogen and oxygen atoms in total. The largest absolute Gasteiger partial charge is 0.398 e. The van der Waals surface area contributed by atoms with E-state index in [1.807, 2.05) is 24.4 Å². The highest BCUT2D eigenvalue weighted by molar-refractivity contribution is 9.10. The van der Waals surface area contributed by atoms with Crippen molar-refractivity contribution in [1.29, 1.82) is 0 Å². The Morgan fingerprint density at radius 1 is 1.24 bits per heavy atom. The van der Waals surface area contributed by atoms with Crippen molar-refractivity contribution in [3.8, 4) is 0 Å². The van der Waals surface area contributed by atoms with E-state index in [-0.39, 0.29) is 0 Å². The van der Waals surface area contributed by atoms with Crippen LogP contribution in [0.1, 0.15) is 27.7 Å². The Hall–Kier alpha value is -1.29. The first-order valence-electron chi connectivity index (χ1n) is 7.33. The highest BCUT2D eigenvalue weighted by Crippen LogP contribution is 2.68. The van der Waals surface area contributed by atoms with Gasteiger partial charge in [-0.1, -0.05) is 27.7 Å². The Morgan fingerprint density at radius 2 is 1.90 bits per heavy atom. The van der Waals surface area contributed by atoms with Crippen molar-refractivity contribution >= 4 is 38.2 Å². The number of aromatic nitrogens is 1. The average Bonchev–Trinajstić information content (AvgIpc) is 2.80. The summed E-state index contributed by atoms with van der Waals surface area (Å²) < 4.78 is 0.948. The van der Waals surface area contributed by atoms with Crippen LogP contribution >= 0.6 is 15.9 Å². The molecular formula is C17H22BrN3. The molecule has 0 atom stereocenters. The van der Waals surface area contributed by atoms with Gasteiger partial charge in [-0.25, -0.2) is 0 Å². The minimum atomic E-state index is 0.389. The standard InChI is InChI=1S/C17H22BrN3/c1-16(2)14(17(16,3)4)9-20-13-6-5-12(19)11-7-10(18)8-21-15(11)13/h5-8,14,20H,9,19H2,1-4H3. The number of nitrogen functional groups attached to an aromatic ring is 1. The third-order valence-electron chi connectivity index (χ3n) is 5.67. The molecule has 0 bridgehead atoms. The second kappa shape index (κ2) is 4.60. The van der Waals surface area contributed by atoms with Gasteiger partial charge < -0.3 is 11.1 Å². The lowest BCUT2D eigenvalue weighted by molar-refractivity contribution is 0.457. The minimum Gasteiger partial charge on any atom is -0.398 e. The highest BCUT2D eigenvalue weighted by Gasteiger charge is 2.64. The first-order chi connectivity index (χ1) is 9.75. The molecule has 0 spiro atoms. The van der Waals surface area contributed by atoms with Crippen LogP contribution < -0.4 is 11.1 Å². The van der Waals surface area contributed by atoms with Crippen LogP contribution in [0.2, 0.25) is 0 Å². The zero-order valence-corrected chi connectivity index (χ0v) is 14.6. The summed E-state index contributed by atoms with van der Waals surface area (Å²) in [5.74, 6) is 0.674. The molecule has 0 radical (unpaired) electrons. The summed E-state index contributed by atoms with van der Waals surface area (Å²) in [5, 5.41) is 4.56. The number of hydrogen-bond donors (Lipinski definition) is 2. The maximum atomic E-state index is 6.06. The molecule has 3 rings (SSSR count). The highest BCUT2D eigenvalue weighted by atomic mass is 79.9. The molecule has 1 heterocycles. The maximum Gasteiger partial charge on any atom is 0.0954 e. The van der Waals surface area contributed by atoms with Crippen LogP contribution in [0.25, 0.3) is 10.9 Å². The Bertz CT molecular complexity index is 692. The third-order valence-corrected chi connectivity index (χ3v) is 6.10. The van der Waals surface area contributed by atoms with Crippen molar-refractivity contribution < 1.29 is 0 Å². The van der Waals surface area contributed by atoms with Crippen LogP contribution in [0.5, 0.6) is 0 Å². The zero-order chi connectivity index (χ0) is 15.4. The van der Waals surface area contributed by atoms with Gasteiger partial charge in [0.2, 0.25) is 0 Å². The maximum absolute atomic E-state index is 6.06. The first-order valence-corrected chi connectivity index (χ1v) is 8.12. The molecule has 2 aromatic rings. The molecule has 0 aliphatic heterocycles. The van der Waals surface area contributed by atoms with Gasteiger partial charge in [-0.15, -0.1) is 0 Å². The van der Waals surface area contributed by atoms with Crippen molar-refractivity contribution in [2.45, 2.75) is 27.7 Å². The fourth-order valence-corrected chi connectivity index (χ4v) is 3.75. The average molecular weight is 348 g/mol. The van der Waals surface area contributed by atoms with Gasteiger partial charge >= 0.3 is 0 Å². The second-order valence-corrected chi connectivity index (χ2v) is 8.04. The van der Waals surface area contributed by atoms with Crippen LogP contribution in [0, 0.1) is 16.7 Å². The van der Waals surface area contributed by atoms with Crippen molar-refractivity contribution in [1.82, 2.24) is 4.98 Å². The number of nitrogens with two attached hydrogens (primary N) is 1. The van der Waals surface area contributed by atoms with Gasteiger partial charge in [0.15, 0.2) is 0 Å². The van der Waals surface area contributed by atoms with E-state index in [4.69, 9.17) is 5.73 Å². The smallest absolute Gasteiger partial charge is 0.0954 e. The predicted octanol–water partition coefficient (Wildman–Crippen LogP) is 4.67. The molecular weight excluding hydrogens is 326 g/mol. The fourth-order valence-electron chi connectivity index (χ4n) is 3.41. The zero-order valence-electron chi connectivity index (χ0n) is 13.0. The SMILES string of the molecule is CC1(C)C(CNc2ccc(N)c3cc(Br)cnc23)C1(C)C. The lowest BCUT2D eigenvalue weighted by Crippen LogP contribution is -2.09. The number of benzene rings is 1. The normalized spacial score (nSPS) is 19.7. The van der Waals surface area contributed by atoms with Crippen LogP contribution in [0.15, 0.2) is 28.9 Å². The van der Waals surface area contributed by atoms with Gasteiger partial charge in [0.25, 0.3) is 0 Å². The first kappa shape index (κ1) is 14.6. The summed E-state index contributed by atoms with van der Waals surface area (Å²) in [6.07, 6.45) is 1.82. The number of rotatable bonds is 3. The molecule has 1 aliphatic carbocycles. The quantitative estimate of drug-likeness (QED) is 0.793. The monoisotopic (exact) mass is 347 g/mol. The molecule has 3 N–H and O–H groups in total. The molecule has 1 aliphatic rings. The topological polar surface area (TPSA) is 50.9 Å². The second-order valence-electron chi connectivity index (χ2n) is 7.13. The number of halogens is 1. The fraction of sp³-hybridized carbons (Fsp3) is 0.471. The summed E-state index contributed by atoms with van der Waals surface area (Å²) in [4.78, 5) is 4.52. The van der Waals surface area contributed by atoms with Crippen molar-refractivity contribution in [3.63, 3.8) is 0 Å². The van der Waals surface area contributed by atoms with E-state index in [0.717, 1.165) is 33.3 Å². The van der Waals surface area contributed by atoms with E-state index in [1.165, 1.54) is 0 Å². The number of fused-ring (bicyclic) bond motifs is 1. The van der Waals surface area contributed by atoms with Crippen LogP contribution in [0.4, 0.5) is 11.4 Å². The molecule has 0 unspecified atom stereocenters. The van der Waals surface area contributed by atoms with E-state index in [2.05, 4.69) is 53.9 Å². The molecule has 1 aromatic heterocycles. The van der Waals surface area contributed by atoms with E-state index in [1.54, 1.807) is 0 Å². The molecule has 0 saturated heterocycles. The molecule has 4 heteroatoms. The number of nitrogens with one attached hydrogen (secondary N) is 1.